The van der Waals surface area contributed by atoms with Gasteiger partial charge in [0, 0.05) is 19.5 Å². The van der Waals surface area contributed by atoms with Gasteiger partial charge >= 0.3 is 12.0 Å². The zero-order chi connectivity index (χ0) is 12.8. The molecule has 0 aromatic rings. The summed E-state index contributed by atoms with van der Waals surface area (Å²) < 4.78 is 0. The summed E-state index contributed by atoms with van der Waals surface area (Å²) in [6, 6.07) is -1.32. The first-order valence-electron chi connectivity index (χ1n) is 5.50. The molecule has 6 nitrogen and oxygen atoms in total. The molecule has 2 amide bonds. The fourth-order valence-corrected chi connectivity index (χ4v) is 2.22. The van der Waals surface area contributed by atoms with Gasteiger partial charge in [0.25, 0.3) is 0 Å². The third-order valence-corrected chi connectivity index (χ3v) is 3.32. The smallest absolute Gasteiger partial charge is 0.326 e. The number of rotatable bonds is 5. The lowest BCUT2D eigenvalue weighted by atomic mass is 10.2. The molecule has 1 aliphatic heterocycles. The van der Waals surface area contributed by atoms with E-state index in [1.807, 2.05) is 6.26 Å². The van der Waals surface area contributed by atoms with Gasteiger partial charge in [0.15, 0.2) is 0 Å². The lowest BCUT2D eigenvalue weighted by Crippen LogP contribution is -2.46. The lowest BCUT2D eigenvalue weighted by molar-refractivity contribution is -0.141. The van der Waals surface area contributed by atoms with Crippen LogP contribution in [0, 0.1) is 0 Å². The van der Waals surface area contributed by atoms with Crippen LogP contribution in [0.3, 0.4) is 0 Å². The van der Waals surface area contributed by atoms with Crippen molar-refractivity contribution in [2.24, 2.45) is 0 Å². The third-order valence-electron chi connectivity index (χ3n) is 2.63. The van der Waals surface area contributed by atoms with Gasteiger partial charge in [-0.1, -0.05) is 0 Å². The average Bonchev–Trinajstić information content (AvgIpc) is 2.66. The standard InChI is InChI=1S/C10H18N2O4S/c1-17-4-2-3-11-10(16)12-6-7(13)5-8(12)9(14)15/h7-8,13H,2-6H2,1H3,(H,11,16)(H,14,15). The Morgan fingerprint density at radius 2 is 2.24 bits per heavy atom. The number of nitrogens with one attached hydrogen (secondary N) is 1. The largest absolute Gasteiger partial charge is 0.480 e. The number of hydrogen-bond acceptors (Lipinski definition) is 4. The highest BCUT2D eigenvalue weighted by atomic mass is 32.2. The molecule has 0 radical (unpaired) electrons. The Bertz CT molecular complexity index is 287. The molecule has 2 atom stereocenters. The maximum atomic E-state index is 11.7. The topological polar surface area (TPSA) is 89.9 Å². The Labute approximate surface area is 104 Å². The van der Waals surface area contributed by atoms with E-state index in [0.29, 0.717) is 6.54 Å². The molecule has 0 aromatic heterocycles. The van der Waals surface area contributed by atoms with Gasteiger partial charge in [-0.15, -0.1) is 0 Å². The van der Waals surface area contributed by atoms with Gasteiger partial charge in [-0.3, -0.25) is 0 Å². The number of urea groups is 1. The van der Waals surface area contributed by atoms with Crippen molar-refractivity contribution in [2.75, 3.05) is 25.1 Å². The second-order valence-corrected chi connectivity index (χ2v) is 4.96. The van der Waals surface area contributed by atoms with Crippen molar-refractivity contribution >= 4 is 23.8 Å². The van der Waals surface area contributed by atoms with Crippen LogP contribution in [0.25, 0.3) is 0 Å². The van der Waals surface area contributed by atoms with Crippen molar-refractivity contribution in [3.8, 4) is 0 Å². The molecule has 0 spiro atoms. The number of carboxylic acids is 1. The number of carbonyl (C=O) groups excluding carboxylic acids is 1. The van der Waals surface area contributed by atoms with Gasteiger partial charge in [-0.25, -0.2) is 9.59 Å². The van der Waals surface area contributed by atoms with Crippen molar-refractivity contribution in [3.63, 3.8) is 0 Å². The van der Waals surface area contributed by atoms with E-state index in [4.69, 9.17) is 5.11 Å². The van der Waals surface area contributed by atoms with Gasteiger partial charge in [0.2, 0.25) is 0 Å². The molecule has 1 heterocycles. The number of β-amino-alcohol motifs (C(OH)–C–C–N with tert-alkyl or cyclic N) is 1. The summed E-state index contributed by atoms with van der Waals surface area (Å²) in [5, 5.41) is 21.0. The molecule has 17 heavy (non-hydrogen) atoms. The van der Waals surface area contributed by atoms with Crippen LogP contribution in [-0.2, 0) is 4.79 Å². The number of nitrogens with zero attached hydrogens (tertiary/aromatic N) is 1. The van der Waals surface area contributed by atoms with Crippen LogP contribution in [0.5, 0.6) is 0 Å². The maximum absolute atomic E-state index is 11.7. The normalized spacial score (nSPS) is 23.8. The molecule has 0 aliphatic carbocycles. The van der Waals surface area contributed by atoms with E-state index in [1.165, 1.54) is 4.90 Å². The molecule has 1 rings (SSSR count). The molecule has 1 fully saturated rings. The fraction of sp³-hybridized carbons (Fsp3) is 0.800. The number of carboxylic acid groups (broad SMARTS) is 1. The number of carbonyl (C=O) groups is 2. The minimum absolute atomic E-state index is 0.0886. The number of amides is 2. The first-order chi connectivity index (χ1) is 8.06. The average molecular weight is 262 g/mol. The SMILES string of the molecule is CSCCCNC(=O)N1CC(O)CC1C(=O)O. The lowest BCUT2D eigenvalue weighted by Gasteiger charge is -2.21. The Morgan fingerprint density at radius 3 is 2.82 bits per heavy atom. The van der Waals surface area contributed by atoms with Crippen molar-refractivity contribution in [2.45, 2.75) is 25.0 Å². The number of thioether (sulfide) groups is 1. The quantitative estimate of drug-likeness (QED) is 0.605. The Kier molecular flexibility index (Phi) is 5.57. The highest BCUT2D eigenvalue weighted by Gasteiger charge is 2.38. The van der Waals surface area contributed by atoms with Crippen LogP contribution in [0.4, 0.5) is 4.79 Å². The molecule has 0 saturated carbocycles. The van der Waals surface area contributed by atoms with E-state index in [2.05, 4.69) is 5.32 Å². The first-order valence-corrected chi connectivity index (χ1v) is 6.90. The number of aliphatic hydroxyl groups is 1. The predicted molar refractivity (Wildman–Crippen MR) is 65.2 cm³/mol. The Balaban J connectivity index is 2.41. The van der Waals surface area contributed by atoms with Gasteiger partial charge in [-0.05, 0) is 18.4 Å². The summed E-state index contributed by atoms with van der Waals surface area (Å²) in [7, 11) is 0. The van der Waals surface area contributed by atoms with Gasteiger partial charge < -0.3 is 20.4 Å². The van der Waals surface area contributed by atoms with Crippen molar-refractivity contribution in [1.82, 2.24) is 10.2 Å². The second kappa shape index (κ2) is 6.70. The molecule has 0 aromatic carbocycles. The van der Waals surface area contributed by atoms with Gasteiger partial charge in [0.1, 0.15) is 6.04 Å². The van der Waals surface area contributed by atoms with E-state index in [0.717, 1.165) is 12.2 Å². The number of aliphatic carboxylic acids is 1. The van der Waals surface area contributed by atoms with Crippen LogP contribution in [-0.4, -0.2) is 64.4 Å². The van der Waals surface area contributed by atoms with Crippen LogP contribution >= 0.6 is 11.8 Å². The van der Waals surface area contributed by atoms with Crippen molar-refractivity contribution < 1.29 is 19.8 Å². The van der Waals surface area contributed by atoms with Crippen LogP contribution in [0.2, 0.25) is 0 Å². The molecular weight excluding hydrogens is 244 g/mol. The molecule has 1 saturated heterocycles. The van der Waals surface area contributed by atoms with E-state index >= 15 is 0 Å². The van der Waals surface area contributed by atoms with E-state index in [9.17, 15) is 14.7 Å². The number of aliphatic hydroxyl groups excluding tert-OH is 1. The predicted octanol–water partition coefficient (Wildman–Crippen LogP) is -0.0311. The molecule has 7 heteroatoms. The maximum Gasteiger partial charge on any atom is 0.326 e. The van der Waals surface area contributed by atoms with E-state index in [1.54, 1.807) is 11.8 Å². The van der Waals surface area contributed by atoms with Crippen molar-refractivity contribution in [1.29, 1.82) is 0 Å². The summed E-state index contributed by atoms with van der Waals surface area (Å²) in [6.07, 6.45) is 2.20. The Hall–Kier alpha value is -0.950. The Morgan fingerprint density at radius 1 is 1.53 bits per heavy atom. The first kappa shape index (κ1) is 14.1. The van der Waals surface area contributed by atoms with E-state index in [-0.39, 0.29) is 13.0 Å². The molecule has 3 N–H and O–H groups in total. The third kappa shape index (κ3) is 4.08. The van der Waals surface area contributed by atoms with Gasteiger partial charge in [0.05, 0.1) is 6.10 Å². The summed E-state index contributed by atoms with van der Waals surface area (Å²) in [5.74, 6) is -0.119. The number of likely N-dealkylation sites (tertiary alicyclic amines) is 1. The van der Waals surface area contributed by atoms with Crippen LogP contribution in [0.1, 0.15) is 12.8 Å². The van der Waals surface area contributed by atoms with Crippen LogP contribution in [0.15, 0.2) is 0 Å². The minimum Gasteiger partial charge on any atom is -0.480 e. The summed E-state index contributed by atoms with van der Waals surface area (Å²) in [4.78, 5) is 23.8. The molecule has 0 bridgehead atoms. The highest BCUT2D eigenvalue weighted by Crippen LogP contribution is 2.17. The highest BCUT2D eigenvalue weighted by molar-refractivity contribution is 7.98. The fourth-order valence-electron chi connectivity index (χ4n) is 1.79. The zero-order valence-electron chi connectivity index (χ0n) is 9.76. The monoisotopic (exact) mass is 262 g/mol. The second-order valence-electron chi connectivity index (χ2n) is 3.97. The van der Waals surface area contributed by atoms with Crippen LogP contribution < -0.4 is 5.32 Å². The van der Waals surface area contributed by atoms with Gasteiger partial charge in [-0.2, -0.15) is 11.8 Å². The summed E-state index contributed by atoms with van der Waals surface area (Å²) >= 11 is 1.69. The van der Waals surface area contributed by atoms with E-state index < -0.39 is 24.1 Å². The minimum atomic E-state index is -1.07. The molecular formula is C10H18N2O4S. The van der Waals surface area contributed by atoms with Crippen molar-refractivity contribution in [3.05, 3.63) is 0 Å². The zero-order valence-corrected chi connectivity index (χ0v) is 10.6. The molecule has 1 aliphatic rings. The molecule has 2 unspecified atom stereocenters. The summed E-state index contributed by atoms with van der Waals surface area (Å²) in [6.45, 7) is 0.615. The summed E-state index contributed by atoms with van der Waals surface area (Å²) in [5.41, 5.74) is 0. The number of hydrogen-bond donors (Lipinski definition) is 3. The molecule has 98 valence electrons.